The highest BCUT2D eigenvalue weighted by Gasteiger charge is 2.30. The molecule has 1 saturated carbocycles. The van der Waals surface area contributed by atoms with E-state index in [2.05, 4.69) is 12.2 Å². The molecule has 0 heterocycles. The molecule has 1 atom stereocenters. The zero-order valence-electron chi connectivity index (χ0n) is 11.1. The number of hydrogen-bond acceptors (Lipinski definition) is 3. The molecule has 0 aromatic rings. The molecule has 3 N–H and O–H groups in total. The first kappa shape index (κ1) is 14.8. The van der Waals surface area contributed by atoms with Gasteiger partial charge in [-0.3, -0.25) is 4.79 Å². The first-order valence-electron chi connectivity index (χ1n) is 6.75. The number of carbonyl (C=O) groups is 1. The number of rotatable bonds is 8. The molecule has 1 amide bonds. The second-order valence-electron chi connectivity index (χ2n) is 5.15. The second-order valence-corrected chi connectivity index (χ2v) is 6.56. The van der Waals surface area contributed by atoms with E-state index in [1.807, 2.05) is 18.7 Å². The van der Waals surface area contributed by atoms with Crippen LogP contribution in [0.1, 0.15) is 52.4 Å². The molecule has 1 aliphatic carbocycles. The third-order valence-electron chi connectivity index (χ3n) is 3.57. The maximum Gasteiger partial charge on any atom is 0.237 e. The summed E-state index contributed by atoms with van der Waals surface area (Å²) in [6.45, 7) is 4.88. The van der Waals surface area contributed by atoms with Crippen LogP contribution in [-0.2, 0) is 4.79 Å². The van der Waals surface area contributed by atoms with E-state index >= 15 is 0 Å². The van der Waals surface area contributed by atoms with E-state index in [0.29, 0.717) is 0 Å². The van der Waals surface area contributed by atoms with Crippen molar-refractivity contribution in [1.29, 1.82) is 0 Å². The average molecular weight is 258 g/mol. The molecule has 1 aliphatic rings. The van der Waals surface area contributed by atoms with Crippen molar-refractivity contribution >= 4 is 17.7 Å². The second kappa shape index (κ2) is 7.27. The van der Waals surface area contributed by atoms with E-state index in [9.17, 15) is 4.79 Å². The van der Waals surface area contributed by atoms with Gasteiger partial charge in [0, 0.05) is 5.25 Å². The van der Waals surface area contributed by atoms with Crippen molar-refractivity contribution in [3.8, 4) is 0 Å². The van der Waals surface area contributed by atoms with Crippen LogP contribution in [0.4, 0.5) is 0 Å². The monoisotopic (exact) mass is 258 g/mol. The standard InChI is InChI=1S/C13H26N2OS/c1-3-9-15-13(2,12(14)16)8-10-17-11-6-4-5-7-11/h11,15H,3-10H2,1-2H3,(H2,14,16). The summed E-state index contributed by atoms with van der Waals surface area (Å²) in [6.07, 6.45) is 7.31. The van der Waals surface area contributed by atoms with E-state index in [0.717, 1.165) is 30.4 Å². The highest BCUT2D eigenvalue weighted by Crippen LogP contribution is 2.30. The topological polar surface area (TPSA) is 55.1 Å². The number of thioether (sulfide) groups is 1. The molecule has 100 valence electrons. The summed E-state index contributed by atoms with van der Waals surface area (Å²) in [7, 11) is 0. The maximum atomic E-state index is 11.5. The number of primary amides is 1. The van der Waals surface area contributed by atoms with Gasteiger partial charge in [-0.15, -0.1) is 0 Å². The molecule has 1 fully saturated rings. The number of nitrogens with one attached hydrogen (secondary N) is 1. The lowest BCUT2D eigenvalue weighted by molar-refractivity contribution is -0.123. The predicted octanol–water partition coefficient (Wildman–Crippen LogP) is 2.30. The van der Waals surface area contributed by atoms with Crippen LogP contribution in [0.3, 0.4) is 0 Å². The van der Waals surface area contributed by atoms with Gasteiger partial charge in [-0.1, -0.05) is 19.8 Å². The molecular formula is C13H26N2OS. The minimum absolute atomic E-state index is 0.224. The first-order valence-corrected chi connectivity index (χ1v) is 7.80. The van der Waals surface area contributed by atoms with Gasteiger partial charge in [0.05, 0.1) is 5.54 Å². The quantitative estimate of drug-likeness (QED) is 0.702. The predicted molar refractivity (Wildman–Crippen MR) is 75.2 cm³/mol. The van der Waals surface area contributed by atoms with Crippen molar-refractivity contribution in [2.24, 2.45) is 5.73 Å². The summed E-state index contributed by atoms with van der Waals surface area (Å²) < 4.78 is 0. The number of hydrogen-bond donors (Lipinski definition) is 2. The largest absolute Gasteiger partial charge is 0.368 e. The van der Waals surface area contributed by atoms with E-state index < -0.39 is 5.54 Å². The molecule has 3 nitrogen and oxygen atoms in total. The molecule has 0 bridgehead atoms. The average Bonchev–Trinajstić information content (AvgIpc) is 2.79. The summed E-state index contributed by atoms with van der Waals surface area (Å²) in [5, 5.41) is 4.10. The summed E-state index contributed by atoms with van der Waals surface area (Å²) >= 11 is 2.01. The van der Waals surface area contributed by atoms with Crippen molar-refractivity contribution in [2.45, 2.75) is 63.2 Å². The van der Waals surface area contributed by atoms with E-state index in [1.165, 1.54) is 25.7 Å². The van der Waals surface area contributed by atoms with Gasteiger partial charge in [-0.25, -0.2) is 0 Å². The summed E-state index contributed by atoms with van der Waals surface area (Å²) in [5.41, 5.74) is 4.97. The molecule has 0 aromatic heterocycles. The fourth-order valence-corrected chi connectivity index (χ4v) is 3.71. The molecule has 0 aliphatic heterocycles. The maximum absolute atomic E-state index is 11.5. The SMILES string of the molecule is CCCNC(C)(CCSC1CCCC1)C(N)=O. The number of carbonyl (C=O) groups excluding carboxylic acids is 1. The van der Waals surface area contributed by atoms with Crippen molar-refractivity contribution in [3.05, 3.63) is 0 Å². The third-order valence-corrected chi connectivity index (χ3v) is 4.95. The fraction of sp³-hybridized carbons (Fsp3) is 0.923. The molecular weight excluding hydrogens is 232 g/mol. The molecule has 0 radical (unpaired) electrons. The van der Waals surface area contributed by atoms with Gasteiger partial charge in [0.15, 0.2) is 0 Å². The minimum atomic E-state index is -0.526. The molecule has 1 unspecified atom stereocenters. The lowest BCUT2D eigenvalue weighted by Gasteiger charge is -2.27. The van der Waals surface area contributed by atoms with E-state index in [-0.39, 0.29) is 5.91 Å². The number of nitrogens with two attached hydrogens (primary N) is 1. The third kappa shape index (κ3) is 4.88. The Morgan fingerprint density at radius 3 is 2.65 bits per heavy atom. The molecule has 1 rings (SSSR count). The van der Waals surface area contributed by atoms with Crippen molar-refractivity contribution in [3.63, 3.8) is 0 Å². The lowest BCUT2D eigenvalue weighted by atomic mass is 9.98. The zero-order chi connectivity index (χ0) is 12.7. The van der Waals surface area contributed by atoms with Gasteiger partial charge in [0.1, 0.15) is 0 Å². The minimum Gasteiger partial charge on any atom is -0.368 e. The van der Waals surface area contributed by atoms with Crippen LogP contribution < -0.4 is 11.1 Å². The van der Waals surface area contributed by atoms with Gasteiger partial charge in [-0.2, -0.15) is 11.8 Å². The summed E-state index contributed by atoms with van der Waals surface area (Å²) in [4.78, 5) is 11.5. The molecule has 0 spiro atoms. The van der Waals surface area contributed by atoms with Crippen LogP contribution in [0.5, 0.6) is 0 Å². The fourth-order valence-electron chi connectivity index (χ4n) is 2.18. The van der Waals surface area contributed by atoms with Gasteiger partial charge in [0.25, 0.3) is 0 Å². The highest BCUT2D eigenvalue weighted by molar-refractivity contribution is 7.99. The Balaban J connectivity index is 2.30. The van der Waals surface area contributed by atoms with Crippen LogP contribution in [0.25, 0.3) is 0 Å². The zero-order valence-corrected chi connectivity index (χ0v) is 11.9. The van der Waals surface area contributed by atoms with Crippen LogP contribution in [0.15, 0.2) is 0 Å². The Morgan fingerprint density at radius 2 is 2.12 bits per heavy atom. The van der Waals surface area contributed by atoms with E-state index in [1.54, 1.807) is 0 Å². The summed E-state index contributed by atoms with van der Waals surface area (Å²) in [5.74, 6) is 0.804. The van der Waals surface area contributed by atoms with Crippen molar-refractivity contribution in [2.75, 3.05) is 12.3 Å². The Morgan fingerprint density at radius 1 is 1.47 bits per heavy atom. The van der Waals surface area contributed by atoms with Gasteiger partial charge < -0.3 is 11.1 Å². The van der Waals surface area contributed by atoms with Crippen molar-refractivity contribution in [1.82, 2.24) is 5.32 Å². The van der Waals surface area contributed by atoms with E-state index in [4.69, 9.17) is 5.73 Å². The van der Waals surface area contributed by atoms with Crippen LogP contribution in [0, 0.1) is 0 Å². The Hall–Kier alpha value is -0.220. The lowest BCUT2D eigenvalue weighted by Crippen LogP contribution is -2.53. The normalized spacial score (nSPS) is 20.4. The van der Waals surface area contributed by atoms with Gasteiger partial charge in [0.2, 0.25) is 5.91 Å². The Labute approximate surface area is 109 Å². The molecule has 0 aromatic carbocycles. The Kier molecular flexibility index (Phi) is 6.34. The Bertz CT molecular complexity index is 242. The van der Waals surface area contributed by atoms with Gasteiger partial charge in [-0.05, 0) is 44.9 Å². The summed E-state index contributed by atoms with van der Waals surface area (Å²) in [6, 6.07) is 0. The molecule has 4 heteroatoms. The smallest absolute Gasteiger partial charge is 0.237 e. The van der Waals surface area contributed by atoms with Crippen molar-refractivity contribution < 1.29 is 4.79 Å². The van der Waals surface area contributed by atoms with Crippen LogP contribution in [0.2, 0.25) is 0 Å². The highest BCUT2D eigenvalue weighted by atomic mass is 32.2. The van der Waals surface area contributed by atoms with Crippen LogP contribution >= 0.6 is 11.8 Å². The molecule has 17 heavy (non-hydrogen) atoms. The first-order chi connectivity index (χ1) is 8.08. The van der Waals surface area contributed by atoms with Gasteiger partial charge >= 0.3 is 0 Å². The number of amides is 1. The van der Waals surface area contributed by atoms with Crippen LogP contribution in [-0.4, -0.2) is 29.0 Å². The molecule has 0 saturated heterocycles.